The van der Waals surface area contributed by atoms with Crippen LogP contribution in [0.1, 0.15) is 31.7 Å². The zero-order valence-electron chi connectivity index (χ0n) is 26.6. The van der Waals surface area contributed by atoms with E-state index in [1.807, 2.05) is 19.2 Å². The summed E-state index contributed by atoms with van der Waals surface area (Å²) >= 11 is 6.49. The second-order valence-electron chi connectivity index (χ2n) is 11.3. The number of carboxylic acids is 1. The standard InChI is InChI=1S/C31H38ClN9O5S/c1-5-19-16-24(26(46-3)17-25(19)41-14-8-20(9-15-41)40(2)13-10-27(42)43)37-31-35-18-21(32)30(38-31)36-23-7-6-22-28(34-12-11-33-22)29(23)39-47(4,44)45/h6-7,11-12,16-18,20,39H,5,8-10,13-15H2,1-4H3,(H,42,43)(H2,35,36,37,38). The molecule has 250 valence electrons. The van der Waals surface area contributed by atoms with Gasteiger partial charge in [0.2, 0.25) is 16.0 Å². The molecule has 47 heavy (non-hydrogen) atoms. The summed E-state index contributed by atoms with van der Waals surface area (Å²) in [6.07, 6.45) is 8.29. The number of anilines is 6. The number of fused-ring (bicyclic) bond motifs is 1. The molecule has 0 amide bonds. The molecular weight excluding hydrogens is 646 g/mol. The van der Waals surface area contributed by atoms with Crippen molar-refractivity contribution in [3.05, 3.63) is 53.4 Å². The van der Waals surface area contributed by atoms with Crippen molar-refractivity contribution < 1.29 is 23.1 Å². The molecule has 0 unspecified atom stereocenters. The van der Waals surface area contributed by atoms with E-state index < -0.39 is 16.0 Å². The van der Waals surface area contributed by atoms with E-state index >= 15 is 0 Å². The molecule has 1 aliphatic rings. The van der Waals surface area contributed by atoms with Crippen LogP contribution in [0.2, 0.25) is 5.02 Å². The Morgan fingerprint density at radius 3 is 2.55 bits per heavy atom. The van der Waals surface area contributed by atoms with Gasteiger partial charge in [0.05, 0.1) is 48.6 Å². The number of aliphatic carboxylic acids is 1. The number of methoxy groups -OCH3 is 1. The van der Waals surface area contributed by atoms with Crippen LogP contribution in [0.3, 0.4) is 0 Å². The minimum absolute atomic E-state index is 0.136. The maximum atomic E-state index is 12.2. The topological polar surface area (TPSA) is 175 Å². The number of hydrogen-bond donors (Lipinski definition) is 4. The Kier molecular flexibility index (Phi) is 10.5. The van der Waals surface area contributed by atoms with Gasteiger partial charge in [-0.15, -0.1) is 0 Å². The molecule has 2 aromatic heterocycles. The highest BCUT2D eigenvalue weighted by molar-refractivity contribution is 7.92. The number of sulfonamides is 1. The van der Waals surface area contributed by atoms with Gasteiger partial charge in [0.25, 0.3) is 0 Å². The monoisotopic (exact) mass is 683 g/mol. The fourth-order valence-electron chi connectivity index (χ4n) is 5.65. The van der Waals surface area contributed by atoms with Crippen molar-refractivity contribution in [3.63, 3.8) is 0 Å². The molecule has 0 spiro atoms. The zero-order valence-corrected chi connectivity index (χ0v) is 28.2. The van der Waals surface area contributed by atoms with Crippen LogP contribution < -0.4 is 25.0 Å². The molecule has 2 aromatic carbocycles. The van der Waals surface area contributed by atoms with Gasteiger partial charge in [0, 0.05) is 49.8 Å². The van der Waals surface area contributed by atoms with E-state index in [0.717, 1.165) is 49.9 Å². The third-order valence-corrected chi connectivity index (χ3v) is 8.91. The van der Waals surface area contributed by atoms with E-state index in [-0.39, 0.29) is 28.9 Å². The molecule has 5 rings (SSSR count). The number of benzene rings is 2. The summed E-state index contributed by atoms with van der Waals surface area (Å²) < 4.78 is 32.7. The Balaban J connectivity index is 1.37. The highest BCUT2D eigenvalue weighted by Crippen LogP contribution is 2.38. The molecule has 1 saturated heterocycles. The molecule has 1 aliphatic heterocycles. The Bertz CT molecular complexity index is 1870. The first-order valence-corrected chi connectivity index (χ1v) is 17.4. The third-order valence-electron chi connectivity index (χ3n) is 8.06. The van der Waals surface area contributed by atoms with E-state index in [0.29, 0.717) is 40.7 Å². The number of rotatable bonds is 13. The van der Waals surface area contributed by atoms with Crippen molar-refractivity contribution in [2.75, 3.05) is 60.3 Å². The summed E-state index contributed by atoms with van der Waals surface area (Å²) in [4.78, 5) is 33.0. The van der Waals surface area contributed by atoms with Crippen LogP contribution >= 0.6 is 11.6 Å². The third kappa shape index (κ3) is 8.28. The van der Waals surface area contributed by atoms with Gasteiger partial charge in [-0.05, 0) is 50.1 Å². The van der Waals surface area contributed by atoms with Crippen molar-refractivity contribution in [2.45, 2.75) is 38.6 Å². The Labute approximate surface area is 278 Å². The van der Waals surface area contributed by atoms with Gasteiger partial charge in [-0.25, -0.2) is 13.4 Å². The number of carbonyl (C=O) groups is 1. The molecule has 16 heteroatoms. The number of ether oxygens (including phenoxy) is 1. The summed E-state index contributed by atoms with van der Waals surface area (Å²) in [5, 5.41) is 15.6. The quantitative estimate of drug-likeness (QED) is 0.150. The van der Waals surface area contributed by atoms with Crippen molar-refractivity contribution in [1.29, 1.82) is 0 Å². The second kappa shape index (κ2) is 14.5. The number of nitrogens with one attached hydrogen (secondary N) is 3. The molecule has 4 aromatic rings. The maximum Gasteiger partial charge on any atom is 0.304 e. The summed E-state index contributed by atoms with van der Waals surface area (Å²) in [6.45, 7) is 4.32. The first kappa shape index (κ1) is 33.9. The van der Waals surface area contributed by atoms with Gasteiger partial charge in [-0.3, -0.25) is 19.5 Å². The van der Waals surface area contributed by atoms with Crippen LogP contribution in [0, 0.1) is 0 Å². The first-order valence-electron chi connectivity index (χ1n) is 15.1. The number of aryl methyl sites for hydroxylation is 1. The minimum Gasteiger partial charge on any atom is -0.494 e. The van der Waals surface area contributed by atoms with Crippen LogP contribution in [0.4, 0.5) is 34.5 Å². The van der Waals surface area contributed by atoms with Crippen LogP contribution in [0.25, 0.3) is 11.0 Å². The van der Waals surface area contributed by atoms with Crippen LogP contribution in [0.5, 0.6) is 5.75 Å². The van der Waals surface area contributed by atoms with Gasteiger partial charge < -0.3 is 30.3 Å². The number of aromatic nitrogens is 4. The largest absolute Gasteiger partial charge is 0.494 e. The second-order valence-corrected chi connectivity index (χ2v) is 13.5. The van der Waals surface area contributed by atoms with Gasteiger partial charge >= 0.3 is 5.97 Å². The average Bonchev–Trinajstić information content (AvgIpc) is 3.05. The molecule has 14 nitrogen and oxygen atoms in total. The lowest BCUT2D eigenvalue weighted by Gasteiger charge is -2.38. The van der Waals surface area contributed by atoms with Gasteiger partial charge in [-0.2, -0.15) is 4.98 Å². The molecule has 0 aliphatic carbocycles. The van der Waals surface area contributed by atoms with E-state index in [4.69, 9.17) is 21.4 Å². The minimum atomic E-state index is -3.66. The molecule has 3 heterocycles. The SMILES string of the molecule is CCc1cc(Nc2ncc(Cl)c(Nc3ccc4nccnc4c3NS(C)(=O)=O)n2)c(OC)cc1N1CCC(N(C)CCC(=O)O)CC1. The van der Waals surface area contributed by atoms with Crippen molar-refractivity contribution in [2.24, 2.45) is 0 Å². The van der Waals surface area contributed by atoms with Crippen LogP contribution in [0.15, 0.2) is 42.9 Å². The molecular formula is C31H38ClN9O5S. The number of carboxylic acid groups (broad SMARTS) is 1. The summed E-state index contributed by atoms with van der Waals surface area (Å²) in [5.41, 5.74) is 4.33. The summed E-state index contributed by atoms with van der Waals surface area (Å²) in [5.74, 6) is 0.314. The Morgan fingerprint density at radius 1 is 1.13 bits per heavy atom. The molecule has 0 bridgehead atoms. The Hall–Kier alpha value is -4.47. The molecule has 0 radical (unpaired) electrons. The lowest BCUT2D eigenvalue weighted by atomic mass is 10.00. The molecule has 0 atom stereocenters. The average molecular weight is 684 g/mol. The number of hydrogen-bond acceptors (Lipinski definition) is 12. The molecule has 0 saturated carbocycles. The predicted octanol–water partition coefficient (Wildman–Crippen LogP) is 4.88. The highest BCUT2D eigenvalue weighted by Gasteiger charge is 2.25. The molecule has 1 fully saturated rings. The van der Waals surface area contributed by atoms with E-state index in [1.165, 1.54) is 18.6 Å². The predicted molar refractivity (Wildman–Crippen MR) is 184 cm³/mol. The number of piperidine rings is 1. The van der Waals surface area contributed by atoms with Crippen LogP contribution in [-0.4, -0.2) is 90.4 Å². The number of nitrogens with zero attached hydrogens (tertiary/aromatic N) is 6. The smallest absolute Gasteiger partial charge is 0.304 e. The summed E-state index contributed by atoms with van der Waals surface area (Å²) in [6, 6.07) is 7.77. The van der Waals surface area contributed by atoms with Gasteiger partial charge in [-0.1, -0.05) is 18.5 Å². The molecule has 4 N–H and O–H groups in total. The Morgan fingerprint density at radius 2 is 1.87 bits per heavy atom. The van der Waals surface area contributed by atoms with Crippen molar-refractivity contribution in [3.8, 4) is 5.75 Å². The van der Waals surface area contributed by atoms with Crippen molar-refractivity contribution in [1.82, 2.24) is 24.8 Å². The normalized spacial score (nSPS) is 14.0. The fourth-order valence-corrected chi connectivity index (χ4v) is 6.37. The zero-order chi connectivity index (χ0) is 33.7. The maximum absolute atomic E-state index is 12.2. The van der Waals surface area contributed by atoms with E-state index in [9.17, 15) is 13.2 Å². The lowest BCUT2D eigenvalue weighted by Crippen LogP contribution is -2.44. The number of halogens is 1. The van der Waals surface area contributed by atoms with Crippen molar-refractivity contribution >= 4 is 73.1 Å². The van der Waals surface area contributed by atoms with Crippen LogP contribution in [-0.2, 0) is 21.2 Å². The van der Waals surface area contributed by atoms with Gasteiger partial charge in [0.1, 0.15) is 16.3 Å². The van der Waals surface area contributed by atoms with E-state index in [1.54, 1.807) is 19.2 Å². The lowest BCUT2D eigenvalue weighted by molar-refractivity contribution is -0.137. The van der Waals surface area contributed by atoms with Gasteiger partial charge in [0.15, 0.2) is 5.82 Å². The first-order chi connectivity index (χ1) is 22.5. The summed E-state index contributed by atoms with van der Waals surface area (Å²) in [7, 11) is -0.0581. The van der Waals surface area contributed by atoms with E-state index in [2.05, 4.69) is 52.0 Å². The highest BCUT2D eigenvalue weighted by atomic mass is 35.5. The fraction of sp³-hybridized carbons (Fsp3) is 0.387.